The number of terminal acetylenes is 1. The van der Waals surface area contributed by atoms with E-state index in [4.69, 9.17) is 6.42 Å². The molecule has 2 aromatic carbocycles. The van der Waals surface area contributed by atoms with Gasteiger partial charge in [-0.15, -0.1) is 6.42 Å². The van der Waals surface area contributed by atoms with Gasteiger partial charge in [0.15, 0.2) is 0 Å². The van der Waals surface area contributed by atoms with Crippen LogP contribution in [0.15, 0.2) is 71.6 Å². The van der Waals surface area contributed by atoms with E-state index in [1.165, 1.54) is 4.31 Å². The van der Waals surface area contributed by atoms with Crippen molar-refractivity contribution in [2.45, 2.75) is 24.8 Å². The van der Waals surface area contributed by atoms with Crippen LogP contribution < -0.4 is 0 Å². The fourth-order valence-electron chi connectivity index (χ4n) is 2.41. The second-order valence-corrected chi connectivity index (χ2v) is 7.69. The third kappa shape index (κ3) is 3.94. The molecular formula is C20H21NO2S. The molecule has 0 saturated carbocycles. The van der Waals surface area contributed by atoms with Crippen molar-refractivity contribution in [3.05, 3.63) is 77.9 Å². The van der Waals surface area contributed by atoms with Crippen molar-refractivity contribution >= 4 is 10.0 Å². The molecule has 0 heterocycles. The maximum atomic E-state index is 13.1. The van der Waals surface area contributed by atoms with E-state index in [1.54, 1.807) is 31.2 Å². The van der Waals surface area contributed by atoms with Crippen LogP contribution in [0.4, 0.5) is 0 Å². The summed E-state index contributed by atoms with van der Waals surface area (Å²) in [6.45, 7) is 7.72. The zero-order chi connectivity index (χ0) is 17.7. The van der Waals surface area contributed by atoms with E-state index in [0.717, 1.165) is 16.7 Å². The van der Waals surface area contributed by atoms with E-state index < -0.39 is 16.1 Å². The van der Waals surface area contributed by atoms with E-state index in [2.05, 4.69) is 12.5 Å². The number of benzene rings is 2. The number of aryl methyl sites for hydroxylation is 1. The minimum Gasteiger partial charge on any atom is -0.207 e. The Morgan fingerprint density at radius 3 is 2.25 bits per heavy atom. The first-order chi connectivity index (χ1) is 11.4. The summed E-state index contributed by atoms with van der Waals surface area (Å²) in [4.78, 5) is 0.227. The van der Waals surface area contributed by atoms with Crippen molar-refractivity contribution in [2.24, 2.45) is 0 Å². The molecule has 0 amide bonds. The van der Waals surface area contributed by atoms with Crippen LogP contribution in [0.3, 0.4) is 0 Å². The minimum atomic E-state index is -3.74. The van der Waals surface area contributed by atoms with Crippen molar-refractivity contribution in [2.75, 3.05) is 6.54 Å². The molecule has 0 saturated heterocycles. The van der Waals surface area contributed by atoms with Gasteiger partial charge in [-0.2, -0.15) is 4.31 Å². The van der Waals surface area contributed by atoms with Gasteiger partial charge in [-0.05, 0) is 31.5 Å². The van der Waals surface area contributed by atoms with Crippen LogP contribution in [0.1, 0.15) is 24.1 Å². The Labute approximate surface area is 144 Å². The van der Waals surface area contributed by atoms with Gasteiger partial charge < -0.3 is 0 Å². The summed E-state index contributed by atoms with van der Waals surface area (Å²) < 4.78 is 27.6. The maximum Gasteiger partial charge on any atom is 0.244 e. The predicted octanol–water partition coefficient (Wildman–Crippen LogP) is 3.94. The lowest BCUT2D eigenvalue weighted by atomic mass is 10.1. The van der Waals surface area contributed by atoms with Gasteiger partial charge in [-0.3, -0.25) is 0 Å². The van der Waals surface area contributed by atoms with Crippen LogP contribution in [-0.2, 0) is 10.0 Å². The van der Waals surface area contributed by atoms with Crippen LogP contribution in [0.5, 0.6) is 0 Å². The van der Waals surface area contributed by atoms with Gasteiger partial charge >= 0.3 is 0 Å². The SMILES string of the molecule is C#CC(c1ccccc1)N(CC(=C)C)S(=O)(=O)c1ccc(C)cc1. The molecule has 24 heavy (non-hydrogen) atoms. The van der Waals surface area contributed by atoms with Crippen molar-refractivity contribution < 1.29 is 8.42 Å². The second kappa shape index (κ2) is 7.48. The van der Waals surface area contributed by atoms with Gasteiger partial charge in [0.05, 0.1) is 4.90 Å². The lowest BCUT2D eigenvalue weighted by Gasteiger charge is -2.28. The topological polar surface area (TPSA) is 37.4 Å². The van der Waals surface area contributed by atoms with Gasteiger partial charge in [0.25, 0.3) is 0 Å². The second-order valence-electron chi connectivity index (χ2n) is 5.80. The largest absolute Gasteiger partial charge is 0.244 e. The van der Waals surface area contributed by atoms with Crippen molar-refractivity contribution in [1.82, 2.24) is 4.31 Å². The van der Waals surface area contributed by atoms with E-state index in [1.807, 2.05) is 37.3 Å². The molecule has 0 bridgehead atoms. The molecule has 0 aliphatic carbocycles. The molecule has 0 aromatic heterocycles. The molecule has 1 atom stereocenters. The zero-order valence-electron chi connectivity index (χ0n) is 13.9. The maximum absolute atomic E-state index is 13.1. The fraction of sp³-hybridized carbons (Fsp3) is 0.200. The molecule has 2 rings (SSSR count). The summed E-state index contributed by atoms with van der Waals surface area (Å²) in [5, 5.41) is 0. The highest BCUT2D eigenvalue weighted by atomic mass is 32.2. The van der Waals surface area contributed by atoms with E-state index in [9.17, 15) is 8.42 Å². The molecule has 0 spiro atoms. The first-order valence-electron chi connectivity index (χ1n) is 7.60. The van der Waals surface area contributed by atoms with Gasteiger partial charge in [-0.1, -0.05) is 66.1 Å². The third-order valence-corrected chi connectivity index (χ3v) is 5.44. The Morgan fingerprint density at radius 2 is 1.75 bits per heavy atom. The highest BCUT2D eigenvalue weighted by molar-refractivity contribution is 7.89. The molecule has 0 aliphatic rings. The summed E-state index contributed by atoms with van der Waals surface area (Å²) >= 11 is 0. The van der Waals surface area contributed by atoms with E-state index in [0.29, 0.717) is 0 Å². The Hall–Kier alpha value is -2.35. The smallest absolute Gasteiger partial charge is 0.207 e. The van der Waals surface area contributed by atoms with Crippen molar-refractivity contribution in [1.29, 1.82) is 0 Å². The summed E-state index contributed by atoms with van der Waals surface area (Å²) in [5.74, 6) is 2.62. The zero-order valence-corrected chi connectivity index (χ0v) is 14.8. The van der Waals surface area contributed by atoms with Crippen LogP contribution in [0.2, 0.25) is 0 Å². The molecular weight excluding hydrogens is 318 g/mol. The predicted molar refractivity (Wildman–Crippen MR) is 97.9 cm³/mol. The number of hydrogen-bond donors (Lipinski definition) is 0. The highest BCUT2D eigenvalue weighted by Crippen LogP contribution is 2.28. The van der Waals surface area contributed by atoms with Crippen LogP contribution in [-0.4, -0.2) is 19.3 Å². The molecule has 0 aliphatic heterocycles. The highest BCUT2D eigenvalue weighted by Gasteiger charge is 2.31. The molecule has 0 radical (unpaired) electrons. The number of hydrogen-bond acceptors (Lipinski definition) is 2. The number of nitrogens with zero attached hydrogens (tertiary/aromatic N) is 1. The molecule has 0 fully saturated rings. The average Bonchev–Trinajstić information content (AvgIpc) is 2.55. The first kappa shape index (κ1) is 18.0. The van der Waals surface area contributed by atoms with Crippen LogP contribution >= 0.6 is 0 Å². The summed E-state index contributed by atoms with van der Waals surface area (Å²) in [6, 6.07) is 15.3. The average molecular weight is 339 g/mol. The normalized spacial score (nSPS) is 12.6. The third-order valence-electron chi connectivity index (χ3n) is 3.61. The summed E-state index contributed by atoms with van der Waals surface area (Å²) in [5.41, 5.74) is 2.48. The molecule has 2 aromatic rings. The van der Waals surface area contributed by atoms with Crippen molar-refractivity contribution in [3.8, 4) is 12.3 Å². The van der Waals surface area contributed by atoms with E-state index in [-0.39, 0.29) is 11.4 Å². The summed E-state index contributed by atoms with van der Waals surface area (Å²) in [6.07, 6.45) is 5.69. The number of sulfonamides is 1. The summed E-state index contributed by atoms with van der Waals surface area (Å²) in [7, 11) is -3.74. The quantitative estimate of drug-likeness (QED) is 0.590. The molecule has 3 nitrogen and oxygen atoms in total. The Bertz CT molecular complexity index is 847. The van der Waals surface area contributed by atoms with Gasteiger partial charge in [0.2, 0.25) is 10.0 Å². The lowest BCUT2D eigenvalue weighted by Crippen LogP contribution is -2.35. The van der Waals surface area contributed by atoms with Gasteiger partial charge in [-0.25, -0.2) is 8.42 Å². The lowest BCUT2D eigenvalue weighted by molar-refractivity contribution is 0.399. The van der Waals surface area contributed by atoms with Gasteiger partial charge in [0, 0.05) is 6.54 Å². The first-order valence-corrected chi connectivity index (χ1v) is 9.04. The van der Waals surface area contributed by atoms with E-state index >= 15 is 0 Å². The van der Waals surface area contributed by atoms with Gasteiger partial charge in [0.1, 0.15) is 6.04 Å². The Kier molecular flexibility index (Phi) is 5.61. The Balaban J connectivity index is 2.53. The molecule has 1 unspecified atom stereocenters. The Morgan fingerprint density at radius 1 is 1.17 bits per heavy atom. The fourth-order valence-corrected chi connectivity index (χ4v) is 4.01. The van der Waals surface area contributed by atoms with Crippen molar-refractivity contribution in [3.63, 3.8) is 0 Å². The monoisotopic (exact) mass is 339 g/mol. The van der Waals surface area contributed by atoms with Crippen LogP contribution in [0.25, 0.3) is 0 Å². The van der Waals surface area contributed by atoms with Crippen LogP contribution in [0, 0.1) is 19.3 Å². The molecule has 124 valence electrons. The molecule has 0 N–H and O–H groups in total. The minimum absolute atomic E-state index is 0.167. The molecule has 4 heteroatoms. The number of rotatable bonds is 6. The standard InChI is InChI=1S/C20H21NO2S/c1-5-20(18-9-7-6-8-10-18)21(15-16(2)3)24(22,23)19-13-11-17(4)12-14-19/h1,6-14,20H,2,15H2,3-4H3.